The van der Waals surface area contributed by atoms with Crippen molar-refractivity contribution in [3.8, 4) is 5.75 Å². The van der Waals surface area contributed by atoms with E-state index in [2.05, 4.69) is 5.32 Å². The quantitative estimate of drug-likeness (QED) is 0.402. The van der Waals surface area contributed by atoms with Gasteiger partial charge in [0, 0.05) is 24.2 Å². The van der Waals surface area contributed by atoms with E-state index in [0.717, 1.165) is 23.4 Å². The molecule has 1 atom stereocenters. The van der Waals surface area contributed by atoms with Crippen molar-refractivity contribution in [1.82, 2.24) is 10.2 Å². The average Bonchev–Trinajstić information content (AvgIpc) is 2.82. The standard InChI is InChI=1S/C25H34ClN3O5S/c1-5-7-15-27-25(31)23(6-2)28(17-19-11-8-9-14-22(19)26)24(30)18-29(35(4,32)33)20-12-10-13-21(16-20)34-3/h8-14,16,23H,5-7,15,17-18H2,1-4H3,(H,27,31). The summed E-state index contributed by atoms with van der Waals surface area (Å²) >= 11 is 6.35. The van der Waals surface area contributed by atoms with Crippen LogP contribution in [0.3, 0.4) is 0 Å². The number of carbonyl (C=O) groups excluding carboxylic acids is 2. The molecule has 0 heterocycles. The van der Waals surface area contributed by atoms with E-state index in [-0.39, 0.29) is 12.5 Å². The molecule has 35 heavy (non-hydrogen) atoms. The first-order valence-electron chi connectivity index (χ1n) is 11.5. The van der Waals surface area contributed by atoms with Gasteiger partial charge in [0.05, 0.1) is 19.1 Å². The molecule has 0 saturated heterocycles. The molecule has 0 spiro atoms. The number of halogens is 1. The number of carbonyl (C=O) groups is 2. The predicted octanol–water partition coefficient (Wildman–Crippen LogP) is 3.84. The van der Waals surface area contributed by atoms with Crippen molar-refractivity contribution in [2.45, 2.75) is 45.7 Å². The lowest BCUT2D eigenvalue weighted by Crippen LogP contribution is -2.52. The number of sulfonamides is 1. The number of ether oxygens (including phenoxy) is 1. The van der Waals surface area contributed by atoms with Crippen molar-refractivity contribution >= 4 is 39.1 Å². The molecule has 2 amide bonds. The van der Waals surface area contributed by atoms with Gasteiger partial charge < -0.3 is 15.0 Å². The molecule has 192 valence electrons. The van der Waals surface area contributed by atoms with Gasteiger partial charge in [-0.25, -0.2) is 8.42 Å². The zero-order chi connectivity index (χ0) is 26.0. The highest BCUT2D eigenvalue weighted by atomic mass is 35.5. The van der Waals surface area contributed by atoms with Crippen molar-refractivity contribution in [3.63, 3.8) is 0 Å². The molecule has 2 aromatic rings. The second-order valence-electron chi connectivity index (χ2n) is 8.15. The molecule has 0 fully saturated rings. The number of nitrogens with zero attached hydrogens (tertiary/aromatic N) is 2. The molecule has 0 aliphatic rings. The molecule has 0 saturated carbocycles. The van der Waals surface area contributed by atoms with Gasteiger partial charge in [0.15, 0.2) is 0 Å². The Kier molecular flexibility index (Phi) is 10.9. The first-order valence-corrected chi connectivity index (χ1v) is 13.8. The highest BCUT2D eigenvalue weighted by molar-refractivity contribution is 7.92. The number of hydrogen-bond acceptors (Lipinski definition) is 5. The molecule has 2 rings (SSSR count). The van der Waals surface area contributed by atoms with Crippen molar-refractivity contribution in [2.24, 2.45) is 0 Å². The van der Waals surface area contributed by atoms with Gasteiger partial charge in [0.2, 0.25) is 21.8 Å². The Morgan fingerprint density at radius 1 is 1.11 bits per heavy atom. The van der Waals surface area contributed by atoms with Gasteiger partial charge in [0.25, 0.3) is 0 Å². The van der Waals surface area contributed by atoms with Crippen molar-refractivity contribution in [2.75, 3.05) is 30.8 Å². The van der Waals surface area contributed by atoms with Crippen LogP contribution >= 0.6 is 11.6 Å². The van der Waals surface area contributed by atoms with E-state index in [1.165, 1.54) is 12.0 Å². The van der Waals surface area contributed by atoms with E-state index in [1.54, 1.807) is 48.5 Å². The maximum Gasteiger partial charge on any atom is 0.244 e. The van der Waals surface area contributed by atoms with E-state index in [0.29, 0.717) is 35.0 Å². The molecule has 1 unspecified atom stereocenters. The van der Waals surface area contributed by atoms with Crippen LogP contribution in [-0.4, -0.2) is 57.6 Å². The number of hydrogen-bond donors (Lipinski definition) is 1. The van der Waals surface area contributed by atoms with Crippen LogP contribution in [0.5, 0.6) is 5.75 Å². The smallest absolute Gasteiger partial charge is 0.244 e. The van der Waals surface area contributed by atoms with Crippen LogP contribution < -0.4 is 14.4 Å². The van der Waals surface area contributed by atoms with Crippen LogP contribution in [0, 0.1) is 0 Å². The fraction of sp³-hybridized carbons (Fsp3) is 0.440. The number of methoxy groups -OCH3 is 1. The topological polar surface area (TPSA) is 96.0 Å². The van der Waals surface area contributed by atoms with Crippen LogP contribution in [0.25, 0.3) is 0 Å². The number of nitrogens with one attached hydrogen (secondary N) is 1. The van der Waals surface area contributed by atoms with Gasteiger partial charge in [-0.05, 0) is 36.6 Å². The molecule has 1 N–H and O–H groups in total. The van der Waals surface area contributed by atoms with Crippen molar-refractivity contribution in [3.05, 3.63) is 59.1 Å². The second kappa shape index (κ2) is 13.3. The zero-order valence-corrected chi connectivity index (χ0v) is 22.2. The van der Waals surface area contributed by atoms with Gasteiger partial charge in [-0.2, -0.15) is 0 Å². The molecule has 0 radical (unpaired) electrons. The Labute approximate surface area is 213 Å². The van der Waals surface area contributed by atoms with Gasteiger partial charge in [-0.1, -0.05) is 56.1 Å². The number of rotatable bonds is 13. The van der Waals surface area contributed by atoms with Gasteiger partial charge in [-0.3, -0.25) is 13.9 Å². The normalized spacial score (nSPS) is 12.0. The summed E-state index contributed by atoms with van der Waals surface area (Å²) in [6.07, 6.45) is 3.13. The number of anilines is 1. The first-order chi connectivity index (χ1) is 16.6. The lowest BCUT2D eigenvalue weighted by Gasteiger charge is -2.33. The van der Waals surface area contributed by atoms with Crippen LogP contribution in [0.2, 0.25) is 5.02 Å². The van der Waals surface area contributed by atoms with E-state index in [4.69, 9.17) is 16.3 Å². The Balaban J connectivity index is 2.43. The van der Waals surface area contributed by atoms with Crippen molar-refractivity contribution < 1.29 is 22.7 Å². The minimum atomic E-state index is -3.82. The maximum atomic E-state index is 13.6. The van der Waals surface area contributed by atoms with Crippen LogP contribution in [0.1, 0.15) is 38.7 Å². The zero-order valence-electron chi connectivity index (χ0n) is 20.7. The van der Waals surface area contributed by atoms with Crippen LogP contribution in [0.4, 0.5) is 5.69 Å². The summed E-state index contributed by atoms with van der Waals surface area (Å²) in [5.41, 5.74) is 0.952. The van der Waals surface area contributed by atoms with Crippen molar-refractivity contribution in [1.29, 1.82) is 0 Å². The van der Waals surface area contributed by atoms with Crippen LogP contribution in [-0.2, 0) is 26.2 Å². The van der Waals surface area contributed by atoms with E-state index < -0.39 is 28.5 Å². The Hall–Kier alpha value is -2.78. The summed E-state index contributed by atoms with van der Waals surface area (Å²) in [6.45, 7) is 3.92. The molecule has 0 aliphatic carbocycles. The molecule has 0 aliphatic heterocycles. The second-order valence-corrected chi connectivity index (χ2v) is 10.5. The average molecular weight is 524 g/mol. The first kappa shape index (κ1) is 28.5. The minimum absolute atomic E-state index is 0.0634. The Bertz CT molecular complexity index is 1110. The molecule has 0 aromatic heterocycles. The van der Waals surface area contributed by atoms with Crippen LogP contribution in [0.15, 0.2) is 48.5 Å². The monoisotopic (exact) mass is 523 g/mol. The number of amides is 2. The van der Waals surface area contributed by atoms with E-state index >= 15 is 0 Å². The number of unbranched alkanes of at least 4 members (excludes halogenated alkanes) is 1. The molecule has 0 bridgehead atoms. The van der Waals surface area contributed by atoms with Gasteiger partial charge in [-0.15, -0.1) is 0 Å². The molecular formula is C25H34ClN3O5S. The fourth-order valence-corrected chi connectivity index (χ4v) is 4.65. The number of benzene rings is 2. The summed E-state index contributed by atoms with van der Waals surface area (Å²) in [4.78, 5) is 28.1. The summed E-state index contributed by atoms with van der Waals surface area (Å²) in [6, 6.07) is 12.7. The minimum Gasteiger partial charge on any atom is -0.497 e. The molecule has 8 nitrogen and oxygen atoms in total. The Morgan fingerprint density at radius 2 is 1.83 bits per heavy atom. The van der Waals surface area contributed by atoms with Gasteiger partial charge >= 0.3 is 0 Å². The predicted molar refractivity (Wildman–Crippen MR) is 139 cm³/mol. The summed E-state index contributed by atoms with van der Waals surface area (Å²) in [7, 11) is -2.34. The summed E-state index contributed by atoms with van der Waals surface area (Å²) in [5, 5.41) is 3.34. The highest BCUT2D eigenvalue weighted by Crippen LogP contribution is 2.25. The summed E-state index contributed by atoms with van der Waals surface area (Å²) < 4.78 is 31.6. The fourth-order valence-electron chi connectivity index (χ4n) is 3.62. The molecule has 2 aromatic carbocycles. The third-order valence-corrected chi connectivity index (χ3v) is 7.04. The van der Waals surface area contributed by atoms with Gasteiger partial charge in [0.1, 0.15) is 18.3 Å². The molecule has 10 heteroatoms. The lowest BCUT2D eigenvalue weighted by molar-refractivity contribution is -0.140. The van der Waals surface area contributed by atoms with E-state index in [9.17, 15) is 18.0 Å². The Morgan fingerprint density at radius 3 is 2.43 bits per heavy atom. The molecular weight excluding hydrogens is 490 g/mol. The van der Waals surface area contributed by atoms with E-state index in [1.807, 2.05) is 13.8 Å². The highest BCUT2D eigenvalue weighted by Gasteiger charge is 2.32. The summed E-state index contributed by atoms with van der Waals surface area (Å²) in [5.74, 6) is -0.345. The third-order valence-electron chi connectivity index (χ3n) is 5.53. The largest absolute Gasteiger partial charge is 0.497 e. The lowest BCUT2D eigenvalue weighted by atomic mass is 10.1. The SMILES string of the molecule is CCCCNC(=O)C(CC)N(Cc1ccccc1Cl)C(=O)CN(c1cccc(OC)c1)S(C)(=O)=O. The maximum absolute atomic E-state index is 13.6. The third kappa shape index (κ3) is 8.14.